The molecule has 2 aliphatic rings. The van der Waals surface area contributed by atoms with Crippen molar-refractivity contribution < 1.29 is 18.9 Å². The van der Waals surface area contributed by atoms with Gasteiger partial charge in [0.15, 0.2) is 6.23 Å². The third-order valence-electron chi connectivity index (χ3n) is 3.48. The molecule has 6 nitrogen and oxygen atoms in total. The van der Waals surface area contributed by atoms with E-state index in [0.717, 1.165) is 6.42 Å². The van der Waals surface area contributed by atoms with Gasteiger partial charge in [0.1, 0.15) is 13.6 Å². The zero-order valence-electron chi connectivity index (χ0n) is 11.2. The van der Waals surface area contributed by atoms with Crippen LogP contribution in [-0.2, 0) is 18.9 Å². The van der Waals surface area contributed by atoms with Crippen LogP contribution < -0.4 is 0 Å². The molecule has 0 bridgehead atoms. The van der Waals surface area contributed by atoms with E-state index in [0.29, 0.717) is 26.1 Å². The molecule has 19 heavy (non-hydrogen) atoms. The lowest BCUT2D eigenvalue weighted by atomic mass is 9.78. The minimum Gasteiger partial charge on any atom is -0.354 e. The van der Waals surface area contributed by atoms with E-state index in [1.165, 1.54) is 0 Å². The Labute approximate surface area is 113 Å². The fourth-order valence-corrected chi connectivity index (χ4v) is 2.53. The maximum absolute atomic E-state index is 8.76. The number of hydrogen-bond donors (Lipinski definition) is 0. The summed E-state index contributed by atoms with van der Waals surface area (Å²) >= 11 is 0. The maximum atomic E-state index is 8.76. The summed E-state index contributed by atoms with van der Waals surface area (Å²) in [4.78, 5) is 4.47. The van der Waals surface area contributed by atoms with E-state index in [-0.39, 0.29) is 25.9 Å². The zero-order valence-corrected chi connectivity index (χ0v) is 11.2. The molecule has 2 fully saturated rings. The Balaban J connectivity index is 2.17. The first-order valence-electron chi connectivity index (χ1n) is 6.61. The van der Waals surface area contributed by atoms with Crippen LogP contribution in [0.2, 0.25) is 0 Å². The lowest BCUT2D eigenvalue weighted by molar-refractivity contribution is -0.301. The monoisotopic (exact) mass is 268 g/mol. The van der Waals surface area contributed by atoms with Gasteiger partial charge in [-0.1, -0.05) is 6.92 Å². The van der Waals surface area contributed by atoms with E-state index in [2.05, 4.69) is 11.1 Å². The summed E-state index contributed by atoms with van der Waals surface area (Å²) in [6.45, 7) is 3.47. The summed E-state index contributed by atoms with van der Waals surface area (Å²) in [6, 6.07) is 2.15. The van der Waals surface area contributed by atoms with Gasteiger partial charge in [0.25, 0.3) is 0 Å². The van der Waals surface area contributed by atoms with Crippen LogP contribution in [0.25, 0.3) is 0 Å². The topological polar surface area (TPSA) is 73.1 Å². The normalized spacial score (nSPS) is 35.6. The van der Waals surface area contributed by atoms with Crippen molar-refractivity contribution in [1.82, 2.24) is 0 Å². The van der Waals surface area contributed by atoms with Gasteiger partial charge in [0, 0.05) is 12.6 Å². The molecule has 1 spiro atoms. The van der Waals surface area contributed by atoms with E-state index >= 15 is 0 Å². The highest BCUT2D eigenvalue weighted by Crippen LogP contribution is 2.39. The third-order valence-corrected chi connectivity index (χ3v) is 3.48. The van der Waals surface area contributed by atoms with E-state index in [1.807, 2.05) is 13.1 Å². The van der Waals surface area contributed by atoms with Crippen LogP contribution in [0.15, 0.2) is 4.99 Å². The van der Waals surface area contributed by atoms with Crippen LogP contribution >= 0.6 is 0 Å². The van der Waals surface area contributed by atoms with Crippen LogP contribution in [0, 0.1) is 16.7 Å². The summed E-state index contributed by atoms with van der Waals surface area (Å²) in [5, 5.41) is 8.76. The Kier molecular flexibility index (Phi) is 5.28. The molecule has 0 aromatic heterocycles. The molecule has 106 valence electrons. The Morgan fingerprint density at radius 3 is 2.74 bits per heavy atom. The van der Waals surface area contributed by atoms with Gasteiger partial charge in [-0.2, -0.15) is 5.26 Å². The Morgan fingerprint density at radius 1 is 1.32 bits per heavy atom. The van der Waals surface area contributed by atoms with Crippen LogP contribution in [0.1, 0.15) is 26.2 Å². The molecule has 0 saturated carbocycles. The lowest BCUT2D eigenvalue weighted by Crippen LogP contribution is -2.58. The van der Waals surface area contributed by atoms with Crippen LogP contribution in [0.4, 0.5) is 0 Å². The summed E-state index contributed by atoms with van der Waals surface area (Å²) in [5.74, 6) is 0. The van der Waals surface area contributed by atoms with Gasteiger partial charge >= 0.3 is 0 Å². The minimum atomic E-state index is -0.445. The maximum Gasteiger partial charge on any atom is 0.163 e. The van der Waals surface area contributed by atoms with Crippen LogP contribution in [0.5, 0.6) is 0 Å². The quantitative estimate of drug-likeness (QED) is 0.722. The number of aliphatic imine (C=N–C) groups is 1. The molecule has 0 N–H and O–H groups in total. The van der Waals surface area contributed by atoms with Gasteiger partial charge in [0.2, 0.25) is 0 Å². The second kappa shape index (κ2) is 6.96. The number of nitrogens with zero attached hydrogens (tertiary/aromatic N) is 2. The summed E-state index contributed by atoms with van der Waals surface area (Å²) in [6.07, 6.45) is 3.32. The van der Waals surface area contributed by atoms with Gasteiger partial charge < -0.3 is 18.9 Å². The summed E-state index contributed by atoms with van der Waals surface area (Å²) in [5.41, 5.74) is -0.445. The average Bonchev–Trinajstić information content (AvgIpc) is 2.46. The number of nitriles is 1. The fourth-order valence-electron chi connectivity index (χ4n) is 2.53. The van der Waals surface area contributed by atoms with E-state index in [4.69, 9.17) is 24.2 Å². The second-order valence-electron chi connectivity index (χ2n) is 4.78. The van der Waals surface area contributed by atoms with E-state index < -0.39 is 5.41 Å². The molecule has 0 radical (unpaired) electrons. The largest absolute Gasteiger partial charge is 0.354 e. The molecule has 0 amide bonds. The number of hydrogen-bond acceptors (Lipinski definition) is 6. The Morgan fingerprint density at radius 2 is 2.05 bits per heavy atom. The van der Waals surface area contributed by atoms with Gasteiger partial charge in [-0.3, -0.25) is 4.99 Å². The molecule has 0 aromatic carbocycles. The molecule has 2 saturated heterocycles. The highest BCUT2D eigenvalue weighted by molar-refractivity contribution is 5.56. The molecule has 2 heterocycles. The van der Waals surface area contributed by atoms with Crippen molar-refractivity contribution in [1.29, 1.82) is 5.26 Å². The molecule has 3 atom stereocenters. The molecular weight excluding hydrogens is 248 g/mol. The highest BCUT2D eigenvalue weighted by Gasteiger charge is 2.51. The van der Waals surface area contributed by atoms with Crippen molar-refractivity contribution in [2.75, 3.05) is 26.8 Å². The van der Waals surface area contributed by atoms with Crippen LogP contribution in [0.3, 0.4) is 0 Å². The van der Waals surface area contributed by atoms with Crippen molar-refractivity contribution in [3.63, 3.8) is 0 Å². The first kappa shape index (κ1) is 14.4. The van der Waals surface area contributed by atoms with Gasteiger partial charge in [-0.15, -0.1) is 0 Å². The average molecular weight is 268 g/mol. The standard InChI is InChI=1S/C13H20N2O4/c1-2-6-15-12-13(8-17-10-19-12)7-16-9-18-11(13)4-3-5-14/h6,11-12H,2-4,7-10H2,1H3/b15-6+. The van der Waals surface area contributed by atoms with Crippen molar-refractivity contribution in [2.24, 2.45) is 10.4 Å². The molecular formula is C13H20N2O4. The first-order chi connectivity index (χ1) is 9.33. The molecule has 2 rings (SSSR count). The molecule has 0 aromatic rings. The number of ether oxygens (including phenoxy) is 4. The molecule has 0 aliphatic carbocycles. The van der Waals surface area contributed by atoms with E-state index in [1.54, 1.807) is 0 Å². The minimum absolute atomic E-state index is 0.125. The van der Waals surface area contributed by atoms with E-state index in [9.17, 15) is 0 Å². The first-order valence-corrected chi connectivity index (χ1v) is 6.61. The van der Waals surface area contributed by atoms with Crippen molar-refractivity contribution in [3.8, 4) is 6.07 Å². The molecule has 2 aliphatic heterocycles. The number of rotatable bonds is 4. The van der Waals surface area contributed by atoms with Crippen LogP contribution in [-0.4, -0.2) is 45.3 Å². The Bertz CT molecular complexity index is 349. The van der Waals surface area contributed by atoms with Crippen molar-refractivity contribution >= 4 is 6.21 Å². The van der Waals surface area contributed by atoms with Gasteiger partial charge in [-0.05, 0) is 12.8 Å². The summed E-state index contributed by atoms with van der Waals surface area (Å²) < 4.78 is 22.2. The highest BCUT2D eigenvalue weighted by atomic mass is 16.7. The lowest BCUT2D eigenvalue weighted by Gasteiger charge is -2.48. The second-order valence-corrected chi connectivity index (χ2v) is 4.78. The SMILES string of the molecule is CC/C=N/C1OCOCC12COCOC2CCC#N. The van der Waals surface area contributed by atoms with Crippen molar-refractivity contribution in [3.05, 3.63) is 0 Å². The van der Waals surface area contributed by atoms with Crippen molar-refractivity contribution in [2.45, 2.75) is 38.5 Å². The molecule has 3 unspecified atom stereocenters. The third kappa shape index (κ3) is 3.12. The predicted octanol–water partition coefficient (Wildman–Crippen LogP) is 1.46. The molecule has 6 heteroatoms. The predicted molar refractivity (Wildman–Crippen MR) is 67.4 cm³/mol. The van der Waals surface area contributed by atoms with Gasteiger partial charge in [0.05, 0.1) is 30.8 Å². The fraction of sp³-hybridized carbons (Fsp3) is 0.846. The summed E-state index contributed by atoms with van der Waals surface area (Å²) in [7, 11) is 0. The Hall–Kier alpha value is -1.00. The zero-order chi connectivity index (χ0) is 13.6. The van der Waals surface area contributed by atoms with Gasteiger partial charge in [-0.25, -0.2) is 0 Å². The smallest absolute Gasteiger partial charge is 0.163 e.